The molecule has 2 heterocycles. The van der Waals surface area contributed by atoms with Crippen molar-refractivity contribution in [2.24, 2.45) is 5.73 Å². The summed E-state index contributed by atoms with van der Waals surface area (Å²) in [5.41, 5.74) is 7.47. The molecule has 12 heteroatoms. The molecule has 3 aromatic rings. The summed E-state index contributed by atoms with van der Waals surface area (Å²) >= 11 is 0. The first kappa shape index (κ1) is 24.2. The number of nitrogens with zero attached hydrogens (tertiary/aromatic N) is 4. The number of nitrogens with two attached hydrogens (primary N) is 1. The van der Waals surface area contributed by atoms with Crippen molar-refractivity contribution in [3.8, 4) is 11.1 Å². The minimum atomic E-state index is -4.07. The quantitative estimate of drug-likeness (QED) is 0.575. The average Bonchev–Trinajstić information content (AvgIpc) is 3.31. The van der Waals surface area contributed by atoms with Gasteiger partial charge in [-0.3, -0.25) is 0 Å². The normalized spacial score (nSPS) is 16.9. The van der Waals surface area contributed by atoms with E-state index in [1.54, 1.807) is 30.3 Å². The van der Waals surface area contributed by atoms with E-state index in [2.05, 4.69) is 10.3 Å². The van der Waals surface area contributed by atoms with E-state index < -0.39 is 34.7 Å². The van der Waals surface area contributed by atoms with Crippen LogP contribution in [0.2, 0.25) is 0 Å². The molecule has 32 heavy (non-hydrogen) atoms. The highest BCUT2D eigenvalue weighted by atomic mass is 35.5. The first-order valence-corrected chi connectivity index (χ1v) is 11.0. The van der Waals surface area contributed by atoms with Gasteiger partial charge in [-0.25, -0.2) is 26.3 Å². The molecule has 0 radical (unpaired) electrons. The van der Waals surface area contributed by atoms with E-state index in [0.29, 0.717) is 22.2 Å². The Morgan fingerprint density at radius 2 is 1.97 bits per heavy atom. The predicted molar refractivity (Wildman–Crippen MR) is 117 cm³/mol. The summed E-state index contributed by atoms with van der Waals surface area (Å²) in [6.07, 6.45) is 0.747. The van der Waals surface area contributed by atoms with Gasteiger partial charge in [0.25, 0.3) is 5.92 Å². The third-order valence-electron chi connectivity index (χ3n) is 5.10. The largest absolute Gasteiger partial charge is 0.327 e. The minimum Gasteiger partial charge on any atom is -0.327 e. The molecule has 1 aliphatic heterocycles. The molecule has 4 rings (SSSR count). The Hall–Kier alpha value is -2.47. The van der Waals surface area contributed by atoms with Gasteiger partial charge in [-0.1, -0.05) is 29.5 Å². The Morgan fingerprint density at radius 3 is 2.66 bits per heavy atom. The summed E-state index contributed by atoms with van der Waals surface area (Å²) in [5.74, 6) is -3.47. The number of fused-ring (bicyclic) bond motifs is 1. The number of rotatable bonds is 6. The number of sulfonamides is 1. The third kappa shape index (κ3) is 4.65. The van der Waals surface area contributed by atoms with Crippen molar-refractivity contribution >= 4 is 33.5 Å². The zero-order valence-corrected chi connectivity index (χ0v) is 18.4. The first-order chi connectivity index (χ1) is 14.7. The van der Waals surface area contributed by atoms with Gasteiger partial charge in [-0.05, 0) is 29.8 Å². The molecular weight excluding hydrogens is 467 g/mol. The minimum absolute atomic E-state index is 0. The van der Waals surface area contributed by atoms with E-state index in [1.807, 2.05) is 0 Å². The molecule has 2 N–H and O–H groups in total. The second kappa shape index (κ2) is 9.18. The first-order valence-electron chi connectivity index (χ1n) is 9.56. The van der Waals surface area contributed by atoms with Gasteiger partial charge in [0.15, 0.2) is 0 Å². The van der Waals surface area contributed by atoms with Crippen LogP contribution in [-0.4, -0.2) is 53.3 Å². The molecule has 172 valence electrons. The highest BCUT2D eigenvalue weighted by Crippen LogP contribution is 2.33. The van der Waals surface area contributed by atoms with E-state index in [4.69, 9.17) is 5.73 Å². The number of alkyl halides is 2. The molecule has 1 fully saturated rings. The van der Waals surface area contributed by atoms with Gasteiger partial charge in [-0.15, -0.1) is 17.5 Å². The molecule has 0 saturated carbocycles. The van der Waals surface area contributed by atoms with Gasteiger partial charge in [0, 0.05) is 25.1 Å². The van der Waals surface area contributed by atoms with Crippen molar-refractivity contribution < 1.29 is 21.6 Å². The van der Waals surface area contributed by atoms with Gasteiger partial charge < -0.3 is 5.73 Å². The molecule has 1 saturated heterocycles. The lowest BCUT2D eigenvalue weighted by Gasteiger charge is -2.17. The van der Waals surface area contributed by atoms with Crippen molar-refractivity contribution in [2.45, 2.75) is 23.8 Å². The van der Waals surface area contributed by atoms with Crippen LogP contribution in [0.1, 0.15) is 6.42 Å². The fourth-order valence-corrected chi connectivity index (χ4v) is 5.07. The van der Waals surface area contributed by atoms with Crippen LogP contribution in [0.15, 0.2) is 59.3 Å². The lowest BCUT2D eigenvalue weighted by Crippen LogP contribution is -2.31. The molecule has 0 bridgehead atoms. The Bertz CT molecular complexity index is 1260. The third-order valence-corrected chi connectivity index (χ3v) is 6.94. The number of hydrogen-bond acceptors (Lipinski definition) is 5. The highest BCUT2D eigenvalue weighted by molar-refractivity contribution is 7.89. The van der Waals surface area contributed by atoms with Crippen LogP contribution in [0.4, 0.5) is 13.2 Å². The fraction of sp³-hybridized carbons (Fsp3) is 0.300. The monoisotopic (exact) mass is 487 g/mol. The van der Waals surface area contributed by atoms with E-state index in [0.717, 1.165) is 4.31 Å². The Balaban J connectivity index is 0.00000289. The van der Waals surface area contributed by atoms with Crippen molar-refractivity contribution in [1.29, 1.82) is 0 Å². The lowest BCUT2D eigenvalue weighted by atomic mass is 10.0. The van der Waals surface area contributed by atoms with Crippen LogP contribution in [0.5, 0.6) is 0 Å². The summed E-state index contributed by atoms with van der Waals surface area (Å²) in [6, 6.07) is 11.2. The number of allylic oxidation sites excluding steroid dienone is 1. The maximum absolute atomic E-state index is 13.9. The molecular formula is C20H21ClF3N5O2S. The molecule has 2 aromatic carbocycles. The number of benzene rings is 2. The van der Waals surface area contributed by atoms with Crippen LogP contribution >= 0.6 is 12.4 Å². The van der Waals surface area contributed by atoms with Crippen LogP contribution in [-0.2, 0) is 16.6 Å². The molecule has 0 amide bonds. The molecule has 1 aliphatic rings. The molecule has 1 aromatic heterocycles. The van der Waals surface area contributed by atoms with Gasteiger partial charge in [0.2, 0.25) is 10.0 Å². The summed E-state index contributed by atoms with van der Waals surface area (Å²) in [7, 11) is -4.07. The Morgan fingerprint density at radius 1 is 1.22 bits per heavy atom. The van der Waals surface area contributed by atoms with Crippen molar-refractivity contribution in [1.82, 2.24) is 19.3 Å². The van der Waals surface area contributed by atoms with E-state index in [9.17, 15) is 21.6 Å². The van der Waals surface area contributed by atoms with E-state index in [-0.39, 0.29) is 36.9 Å². The topological polar surface area (TPSA) is 94.1 Å². The summed E-state index contributed by atoms with van der Waals surface area (Å²) in [6.45, 7) is -1.13. The number of hydrogen-bond donors (Lipinski definition) is 1. The SMILES string of the molecule is Cl.NC/C=C(\F)Cn1nnc2c(-c3cccc(S(=O)(=O)N4CCC(F)(F)C4)c3)cccc21. The fourth-order valence-electron chi connectivity index (χ4n) is 3.56. The van der Waals surface area contributed by atoms with Crippen LogP contribution in [0.3, 0.4) is 0 Å². The van der Waals surface area contributed by atoms with E-state index in [1.165, 1.54) is 22.9 Å². The zero-order valence-electron chi connectivity index (χ0n) is 16.8. The molecule has 0 unspecified atom stereocenters. The predicted octanol–water partition coefficient (Wildman–Crippen LogP) is 3.36. The van der Waals surface area contributed by atoms with E-state index >= 15 is 0 Å². The second-order valence-electron chi connectivity index (χ2n) is 7.28. The zero-order chi connectivity index (χ0) is 22.2. The molecule has 7 nitrogen and oxygen atoms in total. The summed E-state index contributed by atoms with van der Waals surface area (Å²) in [4.78, 5) is -0.0796. The molecule has 0 spiro atoms. The van der Waals surface area contributed by atoms with Gasteiger partial charge in [0.05, 0.1) is 23.5 Å². The summed E-state index contributed by atoms with van der Waals surface area (Å²) < 4.78 is 68.9. The summed E-state index contributed by atoms with van der Waals surface area (Å²) in [5, 5.41) is 8.11. The molecule has 0 aliphatic carbocycles. The number of aromatic nitrogens is 3. The lowest BCUT2D eigenvalue weighted by molar-refractivity contribution is 0.0183. The number of halogens is 4. The average molecular weight is 488 g/mol. The van der Waals surface area contributed by atoms with Crippen molar-refractivity contribution in [2.75, 3.05) is 19.6 Å². The Kier molecular flexibility index (Phi) is 6.94. The maximum Gasteiger partial charge on any atom is 0.262 e. The smallest absolute Gasteiger partial charge is 0.262 e. The van der Waals surface area contributed by atoms with Crippen LogP contribution in [0, 0.1) is 0 Å². The second-order valence-corrected chi connectivity index (χ2v) is 9.22. The van der Waals surface area contributed by atoms with Gasteiger partial charge in [-0.2, -0.15) is 4.31 Å². The van der Waals surface area contributed by atoms with Crippen LogP contribution in [0.25, 0.3) is 22.2 Å². The van der Waals surface area contributed by atoms with Crippen molar-refractivity contribution in [3.63, 3.8) is 0 Å². The van der Waals surface area contributed by atoms with Gasteiger partial charge >= 0.3 is 0 Å². The molecule has 0 atom stereocenters. The van der Waals surface area contributed by atoms with Crippen molar-refractivity contribution in [3.05, 3.63) is 54.4 Å². The highest BCUT2D eigenvalue weighted by Gasteiger charge is 2.43. The van der Waals surface area contributed by atoms with Gasteiger partial charge in [0.1, 0.15) is 11.3 Å². The van der Waals surface area contributed by atoms with Crippen LogP contribution < -0.4 is 5.73 Å². The maximum atomic E-state index is 13.9. The Labute approximate surface area is 189 Å². The standard InChI is InChI=1S/C20H20F3N5O2S.ClH/c21-15(7-9-24)12-28-18-6-2-5-17(19(18)25-26-28)14-3-1-4-16(11-14)31(29,30)27-10-8-20(22,23)13-27;/h1-7,11H,8-10,12-13,24H2;1H/b15-7-;.